The molecule has 1 amide bonds. The predicted octanol–water partition coefficient (Wildman–Crippen LogP) is 5.40. The third-order valence-electron chi connectivity index (χ3n) is 4.72. The summed E-state index contributed by atoms with van der Waals surface area (Å²) >= 11 is 5.89. The number of rotatable bonds is 8. The number of anilines is 2. The van der Waals surface area contributed by atoms with Gasteiger partial charge in [0.25, 0.3) is 5.91 Å². The number of ether oxygens (including phenoxy) is 1. The lowest BCUT2D eigenvalue weighted by atomic mass is 10.1. The van der Waals surface area contributed by atoms with Crippen LogP contribution in [0.4, 0.5) is 24.7 Å². The Labute approximate surface area is 199 Å². The molecule has 0 fully saturated rings. The molecule has 6 nitrogen and oxygen atoms in total. The van der Waals surface area contributed by atoms with Gasteiger partial charge in [-0.05, 0) is 55.0 Å². The summed E-state index contributed by atoms with van der Waals surface area (Å²) in [4.78, 5) is 29.2. The fraction of sp³-hybridized carbons (Fsp3) is 0.208. The van der Waals surface area contributed by atoms with Crippen LogP contribution < -0.4 is 10.6 Å². The highest BCUT2D eigenvalue weighted by Gasteiger charge is 2.30. The lowest BCUT2D eigenvalue weighted by Gasteiger charge is -2.17. The molecule has 1 aromatic heterocycles. The van der Waals surface area contributed by atoms with Crippen LogP contribution in [0.1, 0.15) is 28.4 Å². The molecule has 2 N–H and O–H groups in total. The van der Waals surface area contributed by atoms with E-state index >= 15 is 0 Å². The molecule has 3 rings (SSSR count). The average Bonchev–Trinajstić information content (AvgIpc) is 2.80. The van der Waals surface area contributed by atoms with Crippen LogP contribution >= 0.6 is 11.6 Å². The van der Waals surface area contributed by atoms with E-state index in [0.717, 1.165) is 17.7 Å². The Kier molecular flexibility index (Phi) is 8.12. The van der Waals surface area contributed by atoms with Gasteiger partial charge < -0.3 is 15.4 Å². The molecule has 0 saturated carbocycles. The van der Waals surface area contributed by atoms with Crippen molar-refractivity contribution >= 4 is 35.0 Å². The lowest BCUT2D eigenvalue weighted by molar-refractivity contribution is -0.145. The van der Waals surface area contributed by atoms with Crippen molar-refractivity contribution in [2.45, 2.75) is 25.6 Å². The minimum Gasteiger partial charge on any atom is -0.464 e. The molecule has 1 heterocycles. The highest BCUT2D eigenvalue weighted by Crippen LogP contribution is 2.31. The normalized spacial score (nSPS) is 12.0. The van der Waals surface area contributed by atoms with E-state index in [1.54, 1.807) is 31.2 Å². The fourth-order valence-electron chi connectivity index (χ4n) is 3.06. The predicted molar refractivity (Wildman–Crippen MR) is 122 cm³/mol. The summed E-state index contributed by atoms with van der Waals surface area (Å²) in [6.45, 7) is 1.82. The molecule has 0 radical (unpaired) electrons. The van der Waals surface area contributed by atoms with E-state index in [2.05, 4.69) is 15.6 Å². The third-order valence-corrected chi connectivity index (χ3v) is 4.97. The number of pyridine rings is 1. The Hall–Kier alpha value is -3.59. The summed E-state index contributed by atoms with van der Waals surface area (Å²) in [6, 6.07) is 13.5. The molecule has 3 aromatic rings. The van der Waals surface area contributed by atoms with Gasteiger partial charge >= 0.3 is 12.1 Å². The third kappa shape index (κ3) is 6.95. The highest BCUT2D eigenvalue weighted by atomic mass is 35.5. The zero-order valence-corrected chi connectivity index (χ0v) is 18.8. The molecule has 0 saturated heterocycles. The van der Waals surface area contributed by atoms with Gasteiger partial charge in [-0.3, -0.25) is 4.79 Å². The van der Waals surface area contributed by atoms with E-state index in [1.807, 2.05) is 0 Å². The van der Waals surface area contributed by atoms with Crippen molar-refractivity contribution in [3.8, 4) is 0 Å². The van der Waals surface area contributed by atoms with Gasteiger partial charge in [0.05, 0.1) is 17.7 Å². The number of alkyl halides is 3. The molecular weight excluding hydrogens is 471 g/mol. The Morgan fingerprint density at radius 3 is 2.44 bits per heavy atom. The van der Waals surface area contributed by atoms with Crippen LogP contribution in [0.2, 0.25) is 5.02 Å². The Balaban J connectivity index is 1.69. The number of carbonyl (C=O) groups is 2. The molecule has 2 aromatic carbocycles. The summed E-state index contributed by atoms with van der Waals surface area (Å²) in [5.74, 6) is -0.884. The second-order valence-corrected chi connectivity index (χ2v) is 7.68. The van der Waals surface area contributed by atoms with Crippen LogP contribution in [0.15, 0.2) is 66.9 Å². The van der Waals surface area contributed by atoms with Gasteiger partial charge in [-0.1, -0.05) is 29.8 Å². The van der Waals surface area contributed by atoms with Gasteiger partial charge in [-0.25, -0.2) is 9.78 Å². The lowest BCUT2D eigenvalue weighted by Crippen LogP contribution is -2.43. The second kappa shape index (κ2) is 11.0. The summed E-state index contributed by atoms with van der Waals surface area (Å²) in [5, 5.41) is 5.96. The van der Waals surface area contributed by atoms with Crippen molar-refractivity contribution < 1.29 is 27.5 Å². The van der Waals surface area contributed by atoms with Crippen LogP contribution in [0.5, 0.6) is 0 Å². The largest absolute Gasteiger partial charge is 0.464 e. The fourth-order valence-corrected chi connectivity index (χ4v) is 3.18. The maximum absolute atomic E-state index is 12.9. The number of halogens is 4. The standard InChI is InChI=1S/C24H21ClF3N3O3/c1-2-34-23(33)20(12-15-6-9-18(25)10-7-15)31-22(32)16-8-11-21(29-14-16)30-19-5-3-4-17(13-19)24(26,27)28/h3-11,13-14,20H,2,12H2,1H3,(H,29,30)(H,31,32). The van der Waals surface area contributed by atoms with Gasteiger partial charge in [-0.15, -0.1) is 0 Å². The van der Waals surface area contributed by atoms with Crippen LogP contribution in [0, 0.1) is 0 Å². The molecule has 1 unspecified atom stereocenters. The smallest absolute Gasteiger partial charge is 0.416 e. The minimum absolute atomic E-state index is 0.156. The first-order chi connectivity index (χ1) is 16.2. The van der Waals surface area contributed by atoms with Gasteiger partial charge in [0.1, 0.15) is 11.9 Å². The quantitative estimate of drug-likeness (QED) is 0.412. The maximum Gasteiger partial charge on any atom is 0.416 e. The van der Waals surface area contributed by atoms with E-state index in [4.69, 9.17) is 16.3 Å². The average molecular weight is 492 g/mol. The molecular formula is C24H21ClF3N3O3. The first-order valence-electron chi connectivity index (χ1n) is 10.3. The van der Waals surface area contributed by atoms with Gasteiger partial charge in [0, 0.05) is 23.3 Å². The van der Waals surface area contributed by atoms with Gasteiger partial charge in [-0.2, -0.15) is 13.2 Å². The van der Waals surface area contributed by atoms with Crippen molar-refractivity contribution in [3.05, 3.63) is 88.6 Å². The van der Waals surface area contributed by atoms with Crippen LogP contribution in [-0.2, 0) is 22.1 Å². The van der Waals surface area contributed by atoms with E-state index < -0.39 is 29.7 Å². The van der Waals surface area contributed by atoms with Gasteiger partial charge in [0.2, 0.25) is 0 Å². The molecule has 0 aliphatic heterocycles. The number of amides is 1. The van der Waals surface area contributed by atoms with Crippen molar-refractivity contribution in [1.82, 2.24) is 10.3 Å². The highest BCUT2D eigenvalue weighted by molar-refractivity contribution is 6.30. The first-order valence-corrected chi connectivity index (χ1v) is 10.7. The monoisotopic (exact) mass is 491 g/mol. The number of aromatic nitrogens is 1. The topological polar surface area (TPSA) is 80.3 Å². The second-order valence-electron chi connectivity index (χ2n) is 7.24. The molecule has 10 heteroatoms. The Morgan fingerprint density at radius 2 is 1.82 bits per heavy atom. The van der Waals surface area contributed by atoms with E-state index in [1.165, 1.54) is 30.5 Å². The first kappa shape index (κ1) is 25.0. The molecule has 0 aliphatic rings. The van der Waals surface area contributed by atoms with E-state index in [9.17, 15) is 22.8 Å². The summed E-state index contributed by atoms with van der Waals surface area (Å²) in [6.07, 6.45) is -3.01. The van der Waals surface area contributed by atoms with E-state index in [-0.39, 0.29) is 30.1 Å². The summed E-state index contributed by atoms with van der Waals surface area (Å²) < 4.78 is 43.7. The van der Waals surface area contributed by atoms with Crippen LogP contribution in [0.25, 0.3) is 0 Å². The maximum atomic E-state index is 12.9. The molecule has 0 bridgehead atoms. The van der Waals surface area contributed by atoms with E-state index in [0.29, 0.717) is 5.02 Å². The number of hydrogen-bond donors (Lipinski definition) is 2. The Morgan fingerprint density at radius 1 is 1.09 bits per heavy atom. The molecule has 34 heavy (non-hydrogen) atoms. The van der Waals surface area contributed by atoms with Crippen LogP contribution in [-0.4, -0.2) is 29.5 Å². The number of nitrogens with zero attached hydrogens (tertiary/aromatic N) is 1. The number of benzene rings is 2. The molecule has 178 valence electrons. The van der Waals surface area contributed by atoms with Crippen molar-refractivity contribution in [1.29, 1.82) is 0 Å². The zero-order chi connectivity index (χ0) is 24.7. The molecule has 0 spiro atoms. The minimum atomic E-state index is -4.46. The Bertz CT molecular complexity index is 1140. The summed E-state index contributed by atoms with van der Waals surface area (Å²) in [5.41, 5.74) is 0.352. The number of carbonyl (C=O) groups excluding carboxylic acids is 2. The number of nitrogens with one attached hydrogen (secondary N) is 2. The number of hydrogen-bond acceptors (Lipinski definition) is 5. The number of esters is 1. The van der Waals surface area contributed by atoms with Crippen LogP contribution in [0.3, 0.4) is 0 Å². The SMILES string of the molecule is CCOC(=O)C(Cc1ccc(Cl)cc1)NC(=O)c1ccc(Nc2cccc(C(F)(F)F)c2)nc1. The molecule has 0 aliphatic carbocycles. The van der Waals surface area contributed by atoms with Crippen molar-refractivity contribution in [3.63, 3.8) is 0 Å². The van der Waals surface area contributed by atoms with Crippen molar-refractivity contribution in [2.75, 3.05) is 11.9 Å². The summed E-state index contributed by atoms with van der Waals surface area (Å²) in [7, 11) is 0. The molecule has 1 atom stereocenters. The zero-order valence-electron chi connectivity index (χ0n) is 18.0. The van der Waals surface area contributed by atoms with Gasteiger partial charge in [0.15, 0.2) is 0 Å². The van der Waals surface area contributed by atoms with Crippen molar-refractivity contribution in [2.24, 2.45) is 0 Å².